The normalized spacial score (nSPS) is 16.6. The lowest BCUT2D eigenvalue weighted by molar-refractivity contribution is -0.120. The van der Waals surface area contributed by atoms with Gasteiger partial charge in [-0.05, 0) is 49.1 Å². The number of hydrazine groups is 1. The quantitative estimate of drug-likeness (QED) is 0.499. The van der Waals surface area contributed by atoms with Crippen molar-refractivity contribution in [3.8, 4) is 0 Å². The fourth-order valence-electron chi connectivity index (χ4n) is 4.01. The van der Waals surface area contributed by atoms with Crippen LogP contribution < -0.4 is 15.8 Å². The Balaban J connectivity index is 1.40. The van der Waals surface area contributed by atoms with Gasteiger partial charge in [-0.15, -0.1) is 5.10 Å². The summed E-state index contributed by atoms with van der Waals surface area (Å²) in [5.74, 6) is 0.718. The molecule has 2 fully saturated rings. The Hall–Kier alpha value is -2.87. The van der Waals surface area contributed by atoms with Gasteiger partial charge in [0.15, 0.2) is 5.82 Å². The highest BCUT2D eigenvalue weighted by molar-refractivity contribution is 6.35. The molecule has 2 N–H and O–H groups in total. The van der Waals surface area contributed by atoms with E-state index in [0.29, 0.717) is 28.7 Å². The third-order valence-corrected chi connectivity index (χ3v) is 6.28. The van der Waals surface area contributed by atoms with E-state index in [-0.39, 0.29) is 17.8 Å². The zero-order valence-corrected chi connectivity index (χ0v) is 18.2. The van der Waals surface area contributed by atoms with Crippen molar-refractivity contribution >= 4 is 35.0 Å². The van der Waals surface area contributed by atoms with E-state index in [1.807, 2.05) is 24.3 Å². The van der Waals surface area contributed by atoms with Gasteiger partial charge in [-0.1, -0.05) is 29.8 Å². The third-order valence-electron chi connectivity index (χ3n) is 5.90. The van der Waals surface area contributed by atoms with Gasteiger partial charge < -0.3 is 9.64 Å². The lowest BCUT2D eigenvalue weighted by atomic mass is 9.86. The molecule has 0 spiro atoms. The van der Waals surface area contributed by atoms with Gasteiger partial charge in [-0.3, -0.25) is 15.6 Å². The summed E-state index contributed by atoms with van der Waals surface area (Å²) in [7, 11) is 1.40. The Morgan fingerprint density at radius 3 is 2.65 bits per heavy atom. The smallest absolute Gasteiger partial charge is 0.338 e. The van der Waals surface area contributed by atoms with Crippen molar-refractivity contribution < 1.29 is 14.3 Å². The van der Waals surface area contributed by atoms with Gasteiger partial charge in [-0.2, -0.15) is 5.10 Å². The highest BCUT2D eigenvalue weighted by Crippen LogP contribution is 2.36. The van der Waals surface area contributed by atoms with E-state index in [9.17, 15) is 9.59 Å². The zero-order chi connectivity index (χ0) is 21.8. The average molecular weight is 444 g/mol. The Morgan fingerprint density at radius 1 is 1.19 bits per heavy atom. The van der Waals surface area contributed by atoms with Crippen LogP contribution in [0.5, 0.6) is 0 Å². The summed E-state index contributed by atoms with van der Waals surface area (Å²) >= 11 is 6.56. The zero-order valence-electron chi connectivity index (χ0n) is 17.4. The number of nitrogens with zero attached hydrogens (tertiary/aromatic N) is 3. The van der Waals surface area contributed by atoms with E-state index < -0.39 is 0 Å². The maximum atomic E-state index is 12.1. The number of carbonyl (C=O) groups is 2. The minimum atomic E-state index is -0.307. The Kier molecular flexibility index (Phi) is 6.56. The molecule has 1 aromatic heterocycles. The minimum Gasteiger partial charge on any atom is -0.465 e. The molecule has 2 aliphatic rings. The summed E-state index contributed by atoms with van der Waals surface area (Å²) in [6.07, 6.45) is 6.12. The summed E-state index contributed by atoms with van der Waals surface area (Å²) in [5.41, 5.74) is 7.88. The first-order valence-electron chi connectivity index (χ1n) is 10.5. The number of carbonyl (C=O) groups excluding carboxylic acids is 2. The Bertz CT molecular complexity index is 958. The van der Waals surface area contributed by atoms with Gasteiger partial charge in [0, 0.05) is 19.5 Å². The van der Waals surface area contributed by atoms with Gasteiger partial charge in [0.25, 0.3) is 0 Å². The third kappa shape index (κ3) is 5.07. The van der Waals surface area contributed by atoms with Crippen LogP contribution in [0.25, 0.3) is 0 Å². The molecule has 1 aliphatic heterocycles. The predicted octanol–water partition coefficient (Wildman–Crippen LogP) is 3.54. The van der Waals surface area contributed by atoms with E-state index in [1.165, 1.54) is 7.11 Å². The molecule has 4 rings (SSSR count). The first-order chi connectivity index (χ1) is 15.1. The van der Waals surface area contributed by atoms with Gasteiger partial charge in [0.1, 0.15) is 5.02 Å². The number of piperidine rings is 1. The van der Waals surface area contributed by atoms with Crippen molar-refractivity contribution in [1.29, 1.82) is 0 Å². The molecule has 1 amide bonds. The fourth-order valence-corrected chi connectivity index (χ4v) is 4.26. The summed E-state index contributed by atoms with van der Waals surface area (Å²) < 4.78 is 4.93. The summed E-state index contributed by atoms with van der Waals surface area (Å²) in [4.78, 5) is 26.2. The van der Waals surface area contributed by atoms with E-state index in [1.54, 1.807) is 6.20 Å². The maximum Gasteiger partial charge on any atom is 0.338 e. The van der Waals surface area contributed by atoms with Crippen LogP contribution in [0.2, 0.25) is 5.02 Å². The van der Waals surface area contributed by atoms with Crippen molar-refractivity contribution in [2.45, 2.75) is 38.0 Å². The van der Waals surface area contributed by atoms with Crippen LogP contribution in [-0.4, -0.2) is 42.3 Å². The number of methoxy groups -OCH3 is 1. The number of rotatable bonds is 7. The monoisotopic (exact) mass is 443 g/mol. The van der Waals surface area contributed by atoms with Crippen LogP contribution in [0, 0.1) is 5.92 Å². The molecular weight excluding hydrogens is 418 g/mol. The van der Waals surface area contributed by atoms with Crippen LogP contribution in [0.4, 0.5) is 11.5 Å². The average Bonchev–Trinajstić information content (AvgIpc) is 3.62. The van der Waals surface area contributed by atoms with Crippen LogP contribution in [0.3, 0.4) is 0 Å². The van der Waals surface area contributed by atoms with Gasteiger partial charge in [0.2, 0.25) is 5.91 Å². The lowest BCUT2D eigenvalue weighted by Gasteiger charge is -2.34. The molecule has 0 radical (unpaired) electrons. The molecular formula is C22H26ClN5O3. The van der Waals surface area contributed by atoms with Crippen LogP contribution in [0.15, 0.2) is 30.5 Å². The number of benzene rings is 1. The van der Waals surface area contributed by atoms with Crippen molar-refractivity contribution in [3.05, 3.63) is 46.6 Å². The number of aromatic nitrogens is 2. The number of hydrogen-bond donors (Lipinski definition) is 2. The summed E-state index contributed by atoms with van der Waals surface area (Å²) in [6.45, 7) is 1.53. The number of amides is 1. The second-order valence-electron chi connectivity index (χ2n) is 8.05. The molecule has 8 nitrogen and oxygen atoms in total. The standard InChI is InChI=1S/C22H26ClN5O3/c1-31-22(30)17-5-3-2-4-16(17)15-8-10-28(11-9-15)18-13-24-26-21(20(18)23)27-25-19(29)12-14-6-7-14/h2-5,13-15H,6-12H2,1H3,(H,25,29)(H,26,27). The topological polar surface area (TPSA) is 96.4 Å². The summed E-state index contributed by atoms with van der Waals surface area (Å²) in [6, 6.07) is 7.62. The number of ether oxygens (including phenoxy) is 1. The van der Waals surface area contributed by atoms with E-state index in [0.717, 1.165) is 50.0 Å². The SMILES string of the molecule is COC(=O)c1ccccc1C1CCN(c2cnnc(NNC(=O)CC3CC3)c2Cl)CC1. The van der Waals surface area contributed by atoms with Crippen LogP contribution >= 0.6 is 11.6 Å². The molecule has 2 aromatic rings. The second-order valence-corrected chi connectivity index (χ2v) is 8.43. The predicted molar refractivity (Wildman–Crippen MR) is 118 cm³/mol. The molecule has 0 bridgehead atoms. The molecule has 2 heterocycles. The highest BCUT2D eigenvalue weighted by Gasteiger charge is 2.27. The van der Waals surface area contributed by atoms with Gasteiger partial charge >= 0.3 is 5.97 Å². The molecule has 1 aromatic carbocycles. The van der Waals surface area contributed by atoms with Crippen molar-refractivity contribution in [2.75, 3.05) is 30.5 Å². The summed E-state index contributed by atoms with van der Waals surface area (Å²) in [5, 5.41) is 8.49. The molecule has 31 heavy (non-hydrogen) atoms. The molecule has 1 saturated heterocycles. The fraction of sp³-hybridized carbons (Fsp3) is 0.455. The van der Waals surface area contributed by atoms with Gasteiger partial charge in [-0.25, -0.2) is 4.79 Å². The van der Waals surface area contributed by atoms with Crippen molar-refractivity contribution in [3.63, 3.8) is 0 Å². The number of nitrogens with one attached hydrogen (secondary N) is 2. The first-order valence-corrected chi connectivity index (χ1v) is 10.9. The van der Waals surface area contributed by atoms with Crippen molar-refractivity contribution in [1.82, 2.24) is 15.6 Å². The van der Waals surface area contributed by atoms with E-state index in [2.05, 4.69) is 25.9 Å². The lowest BCUT2D eigenvalue weighted by Crippen LogP contribution is -2.34. The number of halogens is 1. The second kappa shape index (κ2) is 9.51. The largest absolute Gasteiger partial charge is 0.465 e. The maximum absolute atomic E-state index is 12.1. The van der Waals surface area contributed by atoms with Crippen molar-refractivity contribution in [2.24, 2.45) is 5.92 Å². The molecule has 0 unspecified atom stereocenters. The first kappa shape index (κ1) is 21.4. The number of esters is 1. The van der Waals surface area contributed by atoms with E-state index >= 15 is 0 Å². The van der Waals surface area contributed by atoms with Gasteiger partial charge in [0.05, 0.1) is 24.6 Å². The minimum absolute atomic E-state index is 0.0733. The molecule has 1 aliphatic carbocycles. The molecule has 0 atom stereocenters. The van der Waals surface area contributed by atoms with Crippen LogP contribution in [0.1, 0.15) is 53.9 Å². The molecule has 9 heteroatoms. The molecule has 1 saturated carbocycles. The Labute approximate surface area is 186 Å². The number of anilines is 2. The van der Waals surface area contributed by atoms with Crippen LogP contribution in [-0.2, 0) is 9.53 Å². The Morgan fingerprint density at radius 2 is 1.94 bits per heavy atom. The van der Waals surface area contributed by atoms with E-state index in [4.69, 9.17) is 16.3 Å². The number of hydrogen-bond acceptors (Lipinski definition) is 7. The molecule has 164 valence electrons. The highest BCUT2D eigenvalue weighted by atomic mass is 35.5.